The Morgan fingerprint density at radius 2 is 1.84 bits per heavy atom. The molecule has 1 heterocycles. The fourth-order valence-corrected chi connectivity index (χ4v) is 3.53. The molecule has 1 aromatic carbocycles. The molecule has 0 unspecified atom stereocenters. The number of benzene rings is 1. The molecule has 1 aliphatic rings. The van der Waals surface area contributed by atoms with Gasteiger partial charge in [0.25, 0.3) is 0 Å². The molecule has 2 N–H and O–H groups in total. The summed E-state index contributed by atoms with van der Waals surface area (Å²) in [6, 6.07) is 6.40. The van der Waals surface area contributed by atoms with E-state index in [-0.39, 0.29) is 12.3 Å². The highest BCUT2D eigenvalue weighted by Gasteiger charge is 2.54. The van der Waals surface area contributed by atoms with Crippen molar-refractivity contribution in [2.24, 2.45) is 5.92 Å². The molecule has 0 aromatic heterocycles. The number of hydrogen-bond acceptors (Lipinski definition) is 4. The first-order valence-electron chi connectivity index (χ1n) is 7.76. The number of rotatable bonds is 5. The number of likely N-dealkylation sites (N-methyl/N-ethyl adjacent to an activating group) is 2. The van der Waals surface area contributed by atoms with E-state index in [2.05, 4.69) is 0 Å². The molecule has 0 aliphatic carbocycles. The highest BCUT2D eigenvalue weighted by molar-refractivity contribution is 6.30. The number of carboxylic acids is 2. The molecule has 136 valence electrons. The summed E-state index contributed by atoms with van der Waals surface area (Å²) in [5.41, 5.74) is -0.465. The van der Waals surface area contributed by atoms with Crippen LogP contribution in [-0.4, -0.2) is 64.0 Å². The Morgan fingerprint density at radius 3 is 2.32 bits per heavy atom. The SMILES string of the molecule is CN(CC(=O)O)C(=O)[C@H]1C[C@@](C)(C(=O)O)N(C)[C@H]1c1ccc(Cl)cc1. The van der Waals surface area contributed by atoms with Gasteiger partial charge in [0, 0.05) is 18.1 Å². The number of carbonyl (C=O) groups is 3. The number of likely N-dealkylation sites (tertiary alicyclic amines) is 1. The van der Waals surface area contributed by atoms with Crippen LogP contribution in [0, 0.1) is 5.92 Å². The van der Waals surface area contributed by atoms with E-state index in [4.69, 9.17) is 16.7 Å². The largest absolute Gasteiger partial charge is 0.480 e. The number of aliphatic carboxylic acids is 2. The number of nitrogens with zero attached hydrogens (tertiary/aromatic N) is 2. The maximum absolute atomic E-state index is 12.8. The highest BCUT2D eigenvalue weighted by atomic mass is 35.5. The molecule has 25 heavy (non-hydrogen) atoms. The zero-order valence-electron chi connectivity index (χ0n) is 14.3. The third-order valence-corrected chi connectivity index (χ3v) is 5.18. The van der Waals surface area contributed by atoms with Gasteiger partial charge in [-0.2, -0.15) is 0 Å². The molecule has 7 nitrogen and oxygen atoms in total. The Hall–Kier alpha value is -2.12. The zero-order chi connectivity index (χ0) is 18.9. The van der Waals surface area contributed by atoms with Gasteiger partial charge in [-0.05, 0) is 38.1 Å². The van der Waals surface area contributed by atoms with Crippen LogP contribution >= 0.6 is 11.6 Å². The van der Waals surface area contributed by atoms with Gasteiger partial charge in [0.1, 0.15) is 12.1 Å². The van der Waals surface area contributed by atoms with Gasteiger partial charge in [-0.15, -0.1) is 0 Å². The maximum Gasteiger partial charge on any atom is 0.323 e. The number of hydrogen-bond donors (Lipinski definition) is 2. The molecule has 1 fully saturated rings. The van der Waals surface area contributed by atoms with E-state index in [9.17, 15) is 19.5 Å². The monoisotopic (exact) mass is 368 g/mol. The quantitative estimate of drug-likeness (QED) is 0.821. The van der Waals surface area contributed by atoms with Crippen LogP contribution in [0.2, 0.25) is 5.02 Å². The first-order chi connectivity index (χ1) is 11.6. The average Bonchev–Trinajstić information content (AvgIpc) is 2.80. The minimum absolute atomic E-state index is 0.0922. The Balaban J connectivity index is 2.43. The molecule has 2 rings (SSSR count). The predicted octanol–water partition coefficient (Wildman–Crippen LogP) is 1.72. The molecule has 8 heteroatoms. The van der Waals surface area contributed by atoms with Crippen molar-refractivity contribution in [3.05, 3.63) is 34.9 Å². The first-order valence-corrected chi connectivity index (χ1v) is 8.14. The lowest BCUT2D eigenvalue weighted by molar-refractivity contribution is -0.148. The van der Waals surface area contributed by atoms with Crippen LogP contribution in [0.25, 0.3) is 0 Å². The lowest BCUT2D eigenvalue weighted by atomic mass is 9.89. The molecular formula is C17H21ClN2O5. The van der Waals surface area contributed by atoms with Crippen molar-refractivity contribution in [1.29, 1.82) is 0 Å². The molecule has 1 amide bonds. The van der Waals surface area contributed by atoms with Crippen molar-refractivity contribution >= 4 is 29.4 Å². The van der Waals surface area contributed by atoms with E-state index < -0.39 is 36.0 Å². The summed E-state index contributed by atoms with van der Waals surface area (Å²) in [5.74, 6) is -3.20. The Labute approximate surface area is 150 Å². The molecule has 0 spiro atoms. The van der Waals surface area contributed by atoms with Crippen molar-refractivity contribution in [2.45, 2.75) is 24.9 Å². The van der Waals surface area contributed by atoms with Crippen LogP contribution in [-0.2, 0) is 14.4 Å². The normalized spacial score (nSPS) is 26.4. The van der Waals surface area contributed by atoms with Gasteiger partial charge in [-0.3, -0.25) is 19.3 Å². The van der Waals surface area contributed by atoms with Crippen LogP contribution in [0.15, 0.2) is 24.3 Å². The molecule has 3 atom stereocenters. The van der Waals surface area contributed by atoms with E-state index in [0.29, 0.717) is 5.02 Å². The van der Waals surface area contributed by atoms with Gasteiger partial charge >= 0.3 is 11.9 Å². The van der Waals surface area contributed by atoms with Gasteiger partial charge < -0.3 is 15.1 Å². The van der Waals surface area contributed by atoms with E-state index in [1.807, 2.05) is 0 Å². The van der Waals surface area contributed by atoms with Gasteiger partial charge in [-0.25, -0.2) is 0 Å². The average molecular weight is 369 g/mol. The number of amides is 1. The number of carboxylic acid groups (broad SMARTS) is 2. The van der Waals surface area contributed by atoms with Gasteiger partial charge in [-0.1, -0.05) is 23.7 Å². The highest BCUT2D eigenvalue weighted by Crippen LogP contribution is 2.46. The van der Waals surface area contributed by atoms with Crippen LogP contribution in [0.4, 0.5) is 0 Å². The Kier molecular flexibility index (Phi) is 5.39. The molecule has 1 aliphatic heterocycles. The van der Waals surface area contributed by atoms with Crippen molar-refractivity contribution in [1.82, 2.24) is 9.80 Å². The molecule has 1 aromatic rings. The maximum atomic E-state index is 12.8. The van der Waals surface area contributed by atoms with Crippen molar-refractivity contribution in [3.8, 4) is 0 Å². The summed E-state index contributed by atoms with van der Waals surface area (Å²) in [6.45, 7) is 1.14. The van der Waals surface area contributed by atoms with Crippen LogP contribution in [0.1, 0.15) is 24.9 Å². The lowest BCUT2D eigenvalue weighted by Gasteiger charge is -2.32. The number of halogens is 1. The van der Waals surface area contributed by atoms with Crippen LogP contribution < -0.4 is 0 Å². The summed E-state index contributed by atoms with van der Waals surface area (Å²) in [4.78, 5) is 38.3. The predicted molar refractivity (Wildman–Crippen MR) is 91.4 cm³/mol. The zero-order valence-corrected chi connectivity index (χ0v) is 15.0. The van der Waals surface area contributed by atoms with Gasteiger partial charge in [0.15, 0.2) is 0 Å². The van der Waals surface area contributed by atoms with E-state index in [1.165, 1.54) is 7.05 Å². The minimum atomic E-state index is -1.23. The van der Waals surface area contributed by atoms with E-state index in [1.54, 1.807) is 43.1 Å². The molecule has 0 saturated carbocycles. The third-order valence-electron chi connectivity index (χ3n) is 4.93. The summed E-state index contributed by atoms with van der Waals surface area (Å²) in [7, 11) is 3.07. The van der Waals surface area contributed by atoms with Gasteiger partial charge in [0.2, 0.25) is 5.91 Å². The molecule has 0 radical (unpaired) electrons. The van der Waals surface area contributed by atoms with Crippen LogP contribution in [0.3, 0.4) is 0 Å². The second-order valence-corrected chi connectivity index (χ2v) is 7.02. The summed E-state index contributed by atoms with van der Waals surface area (Å²) < 4.78 is 0. The Bertz CT molecular complexity index is 693. The lowest BCUT2D eigenvalue weighted by Crippen LogP contribution is -2.46. The molecular weight excluding hydrogens is 348 g/mol. The third kappa shape index (κ3) is 3.62. The van der Waals surface area contributed by atoms with Crippen molar-refractivity contribution < 1.29 is 24.6 Å². The second kappa shape index (κ2) is 7.01. The topological polar surface area (TPSA) is 98.2 Å². The standard InChI is InChI=1S/C17H21ClN2O5/c1-17(16(24)25)8-12(15(23)19(2)9-13(21)22)14(20(17)3)10-4-6-11(18)7-5-10/h4-7,12,14H,8-9H2,1-3H3,(H,21,22)(H,24,25)/t12-,14-,17-/m0/s1. The summed E-state index contributed by atoms with van der Waals surface area (Å²) >= 11 is 5.92. The molecule has 1 saturated heterocycles. The molecule has 0 bridgehead atoms. The van der Waals surface area contributed by atoms with Crippen molar-refractivity contribution in [2.75, 3.05) is 20.6 Å². The number of carbonyl (C=O) groups excluding carboxylic acids is 1. The fourth-order valence-electron chi connectivity index (χ4n) is 3.40. The van der Waals surface area contributed by atoms with Crippen molar-refractivity contribution in [3.63, 3.8) is 0 Å². The minimum Gasteiger partial charge on any atom is -0.480 e. The van der Waals surface area contributed by atoms with Gasteiger partial charge in [0.05, 0.1) is 5.92 Å². The first kappa shape index (κ1) is 19.2. The smallest absolute Gasteiger partial charge is 0.323 e. The van der Waals surface area contributed by atoms with E-state index >= 15 is 0 Å². The second-order valence-electron chi connectivity index (χ2n) is 6.58. The fraction of sp³-hybridized carbons (Fsp3) is 0.471. The summed E-state index contributed by atoms with van der Waals surface area (Å²) in [6.07, 6.45) is 0.0922. The van der Waals surface area contributed by atoms with Crippen LogP contribution in [0.5, 0.6) is 0 Å². The Morgan fingerprint density at radius 1 is 1.28 bits per heavy atom. The summed E-state index contributed by atoms with van der Waals surface area (Å²) in [5, 5.41) is 19.1. The van der Waals surface area contributed by atoms with E-state index in [0.717, 1.165) is 10.5 Å².